The van der Waals surface area contributed by atoms with Gasteiger partial charge in [-0.3, -0.25) is 9.40 Å². The van der Waals surface area contributed by atoms with Gasteiger partial charge in [0.05, 0.1) is 11.4 Å². The van der Waals surface area contributed by atoms with Crippen molar-refractivity contribution in [2.24, 2.45) is 7.05 Å². The number of nitrogens with zero attached hydrogens (tertiary/aromatic N) is 2. The van der Waals surface area contributed by atoms with Crippen LogP contribution in [0.2, 0.25) is 0 Å². The molecule has 0 spiro atoms. The summed E-state index contributed by atoms with van der Waals surface area (Å²) >= 11 is 0. The van der Waals surface area contributed by atoms with Gasteiger partial charge in [0.15, 0.2) is 0 Å². The Morgan fingerprint density at radius 2 is 1.89 bits per heavy atom. The lowest BCUT2D eigenvalue weighted by Gasteiger charge is -2.11. The fourth-order valence-electron chi connectivity index (χ4n) is 1.90. The summed E-state index contributed by atoms with van der Waals surface area (Å²) in [5, 5.41) is 4.06. The third-order valence-electron chi connectivity index (χ3n) is 3.11. The summed E-state index contributed by atoms with van der Waals surface area (Å²) in [6, 6.07) is 5.53. The zero-order valence-electron chi connectivity index (χ0n) is 11.4. The molecule has 1 aromatic heterocycles. The van der Waals surface area contributed by atoms with Crippen molar-refractivity contribution in [3.8, 4) is 0 Å². The second kappa shape index (κ2) is 4.70. The minimum atomic E-state index is -3.60. The lowest BCUT2D eigenvalue weighted by atomic mass is 10.1. The number of nitrogens with one attached hydrogen (secondary N) is 1. The lowest BCUT2D eigenvalue weighted by molar-refractivity contribution is 0.600. The number of rotatable bonds is 3. The number of anilines is 1. The van der Waals surface area contributed by atoms with Crippen molar-refractivity contribution in [3.63, 3.8) is 0 Å². The number of hydrogen-bond acceptors (Lipinski definition) is 3. The monoisotopic (exact) mass is 279 g/mol. The molecule has 1 aromatic carbocycles. The molecule has 0 saturated carbocycles. The number of sulfonamides is 1. The van der Waals surface area contributed by atoms with Crippen LogP contribution in [0.5, 0.6) is 0 Å². The normalized spacial score (nSPS) is 11.6. The van der Waals surface area contributed by atoms with Crippen molar-refractivity contribution in [2.75, 3.05) is 4.72 Å². The number of hydrogen-bond donors (Lipinski definition) is 1. The van der Waals surface area contributed by atoms with Crippen molar-refractivity contribution in [1.82, 2.24) is 9.78 Å². The van der Waals surface area contributed by atoms with Crippen LogP contribution in [0, 0.1) is 20.8 Å². The van der Waals surface area contributed by atoms with E-state index in [4.69, 9.17) is 0 Å². The lowest BCUT2D eigenvalue weighted by Crippen LogP contribution is -2.14. The van der Waals surface area contributed by atoms with Gasteiger partial charge in [0.2, 0.25) is 0 Å². The molecule has 0 bridgehead atoms. The molecule has 0 aliphatic rings. The molecule has 0 saturated heterocycles. The highest BCUT2D eigenvalue weighted by Gasteiger charge is 2.20. The SMILES string of the molecule is Cc1cccc(NS(=O)(=O)c2cn(C)nc2C)c1C. The first-order chi connectivity index (χ1) is 8.81. The van der Waals surface area contributed by atoms with Crippen molar-refractivity contribution in [3.05, 3.63) is 41.2 Å². The Morgan fingerprint density at radius 3 is 2.47 bits per heavy atom. The molecule has 1 heterocycles. The van der Waals surface area contributed by atoms with Crippen molar-refractivity contribution < 1.29 is 8.42 Å². The molecule has 19 heavy (non-hydrogen) atoms. The standard InChI is InChI=1S/C13H17N3O2S/c1-9-6-5-7-12(10(9)2)15-19(17,18)13-8-16(4)14-11(13)3/h5-8,15H,1-4H3. The van der Waals surface area contributed by atoms with Gasteiger partial charge in [-0.1, -0.05) is 12.1 Å². The minimum absolute atomic E-state index is 0.205. The van der Waals surface area contributed by atoms with Crippen molar-refractivity contribution >= 4 is 15.7 Å². The van der Waals surface area contributed by atoms with Crippen LogP contribution in [0.25, 0.3) is 0 Å². The van der Waals surface area contributed by atoms with Crippen LogP contribution in [0.3, 0.4) is 0 Å². The van der Waals surface area contributed by atoms with Gasteiger partial charge >= 0.3 is 0 Å². The summed E-state index contributed by atoms with van der Waals surface area (Å²) in [7, 11) is -1.90. The van der Waals surface area contributed by atoms with Crippen LogP contribution in [0.4, 0.5) is 5.69 Å². The summed E-state index contributed by atoms with van der Waals surface area (Å²) in [5.41, 5.74) is 3.05. The Labute approximate surface area is 113 Å². The third-order valence-corrected chi connectivity index (χ3v) is 4.58. The molecule has 6 heteroatoms. The number of aromatic nitrogens is 2. The van der Waals surface area contributed by atoms with Crippen molar-refractivity contribution in [2.45, 2.75) is 25.7 Å². The third kappa shape index (κ3) is 2.63. The maximum Gasteiger partial charge on any atom is 0.265 e. The highest BCUT2D eigenvalue weighted by molar-refractivity contribution is 7.92. The van der Waals surface area contributed by atoms with E-state index in [0.717, 1.165) is 11.1 Å². The van der Waals surface area contributed by atoms with E-state index >= 15 is 0 Å². The molecule has 0 radical (unpaired) electrons. The van der Waals surface area contributed by atoms with Gasteiger partial charge in [-0.25, -0.2) is 8.42 Å². The predicted octanol–water partition coefficient (Wildman–Crippen LogP) is 2.15. The first-order valence-electron chi connectivity index (χ1n) is 5.90. The largest absolute Gasteiger partial charge is 0.279 e. The number of aryl methyl sites for hydroxylation is 3. The molecule has 0 unspecified atom stereocenters. The Kier molecular flexibility index (Phi) is 3.36. The van der Waals surface area contributed by atoms with Gasteiger partial charge < -0.3 is 0 Å². The topological polar surface area (TPSA) is 64.0 Å². The summed E-state index contributed by atoms with van der Waals surface area (Å²) in [6.07, 6.45) is 1.50. The van der Waals surface area contributed by atoms with Crippen LogP contribution in [-0.2, 0) is 17.1 Å². The molecule has 0 atom stereocenters. The molecule has 102 valence electrons. The first-order valence-corrected chi connectivity index (χ1v) is 7.39. The van der Waals surface area contributed by atoms with Crippen LogP contribution < -0.4 is 4.72 Å². The van der Waals surface area contributed by atoms with Crippen LogP contribution >= 0.6 is 0 Å². The Hall–Kier alpha value is -1.82. The molecule has 0 amide bonds. The molecule has 2 aromatic rings. The molecular weight excluding hydrogens is 262 g/mol. The van der Waals surface area contributed by atoms with E-state index in [1.165, 1.54) is 10.9 Å². The van der Waals surface area contributed by atoms with Gasteiger partial charge in [0.25, 0.3) is 10.0 Å². The molecule has 1 N–H and O–H groups in total. The molecule has 0 aliphatic carbocycles. The van der Waals surface area contributed by atoms with Crippen LogP contribution in [-0.4, -0.2) is 18.2 Å². The molecule has 2 rings (SSSR count). The van der Waals surface area contributed by atoms with Gasteiger partial charge in [0, 0.05) is 13.2 Å². The number of benzene rings is 1. The quantitative estimate of drug-likeness (QED) is 0.936. The highest BCUT2D eigenvalue weighted by atomic mass is 32.2. The van der Waals surface area contributed by atoms with Gasteiger partial charge in [-0.05, 0) is 38.0 Å². The average molecular weight is 279 g/mol. The molecule has 0 fully saturated rings. The Balaban J connectivity index is 2.42. The maximum absolute atomic E-state index is 12.3. The smallest absolute Gasteiger partial charge is 0.265 e. The second-order valence-corrected chi connectivity index (χ2v) is 6.26. The fraction of sp³-hybridized carbons (Fsp3) is 0.308. The summed E-state index contributed by atoms with van der Waals surface area (Å²) < 4.78 is 28.8. The van der Waals surface area contributed by atoms with Gasteiger partial charge in [-0.15, -0.1) is 0 Å². The second-order valence-electron chi connectivity index (χ2n) is 4.61. The zero-order valence-corrected chi connectivity index (χ0v) is 12.2. The van der Waals surface area contributed by atoms with Gasteiger partial charge in [-0.2, -0.15) is 5.10 Å². The summed E-state index contributed by atoms with van der Waals surface area (Å²) in [6.45, 7) is 5.52. The van der Waals surface area contributed by atoms with E-state index in [9.17, 15) is 8.42 Å². The van der Waals surface area contributed by atoms with E-state index in [0.29, 0.717) is 11.4 Å². The summed E-state index contributed by atoms with van der Waals surface area (Å²) in [4.78, 5) is 0.205. The molecule has 5 nitrogen and oxygen atoms in total. The predicted molar refractivity (Wildman–Crippen MR) is 74.7 cm³/mol. The van der Waals surface area contributed by atoms with E-state index in [1.807, 2.05) is 26.0 Å². The first kappa shape index (κ1) is 13.6. The van der Waals surface area contributed by atoms with Gasteiger partial charge in [0.1, 0.15) is 4.90 Å². The minimum Gasteiger partial charge on any atom is -0.279 e. The fourth-order valence-corrected chi connectivity index (χ4v) is 3.24. The highest BCUT2D eigenvalue weighted by Crippen LogP contribution is 2.22. The van der Waals surface area contributed by atoms with Crippen LogP contribution in [0.1, 0.15) is 16.8 Å². The summed E-state index contributed by atoms with van der Waals surface area (Å²) in [5.74, 6) is 0. The maximum atomic E-state index is 12.3. The van der Waals surface area contributed by atoms with Crippen LogP contribution in [0.15, 0.2) is 29.3 Å². The molecular formula is C13H17N3O2S. The zero-order chi connectivity index (χ0) is 14.2. The van der Waals surface area contributed by atoms with E-state index in [-0.39, 0.29) is 4.90 Å². The Bertz CT molecular complexity index is 717. The molecule has 0 aliphatic heterocycles. The average Bonchev–Trinajstić information content (AvgIpc) is 2.65. The van der Waals surface area contributed by atoms with E-state index < -0.39 is 10.0 Å². The van der Waals surface area contributed by atoms with E-state index in [2.05, 4.69) is 9.82 Å². The van der Waals surface area contributed by atoms with E-state index in [1.54, 1.807) is 20.0 Å². The Morgan fingerprint density at radius 1 is 1.21 bits per heavy atom. The van der Waals surface area contributed by atoms with Crippen molar-refractivity contribution in [1.29, 1.82) is 0 Å².